The summed E-state index contributed by atoms with van der Waals surface area (Å²) >= 11 is 0. The number of nitrogens with one attached hydrogen (secondary N) is 2. The number of hydrogen-bond acceptors (Lipinski definition) is 4. The van der Waals surface area contributed by atoms with Crippen LogP contribution in [-0.2, 0) is 0 Å². The van der Waals surface area contributed by atoms with Crippen molar-refractivity contribution in [2.24, 2.45) is 0 Å². The molecule has 2 amide bonds. The Morgan fingerprint density at radius 3 is 2.42 bits per heavy atom. The molecule has 0 aliphatic rings. The predicted octanol–water partition coefficient (Wildman–Crippen LogP) is 2.69. The van der Waals surface area contributed by atoms with E-state index in [1.807, 2.05) is 43.3 Å². The maximum atomic E-state index is 11.7. The van der Waals surface area contributed by atoms with Crippen molar-refractivity contribution in [2.45, 2.75) is 6.92 Å². The zero-order valence-corrected chi connectivity index (χ0v) is 11.1. The van der Waals surface area contributed by atoms with Crippen LogP contribution in [0.1, 0.15) is 5.76 Å². The maximum absolute atomic E-state index is 11.7. The molecule has 2 N–H and O–H groups in total. The van der Waals surface area contributed by atoms with Gasteiger partial charge in [0.1, 0.15) is 5.76 Å². The lowest BCUT2D eigenvalue weighted by molar-refractivity contribution is 0.262. The smallest absolute Gasteiger partial charge is 0.324 e. The average molecular weight is 260 g/mol. The third-order valence-corrected chi connectivity index (χ3v) is 2.51. The number of anilines is 3. The van der Waals surface area contributed by atoms with Gasteiger partial charge in [-0.05, 0) is 31.2 Å². The van der Waals surface area contributed by atoms with E-state index in [1.165, 1.54) is 0 Å². The van der Waals surface area contributed by atoms with Gasteiger partial charge >= 0.3 is 6.03 Å². The molecule has 1 aromatic carbocycles. The third kappa shape index (κ3) is 3.48. The van der Waals surface area contributed by atoms with E-state index in [4.69, 9.17) is 4.52 Å². The molecule has 6 heteroatoms. The monoisotopic (exact) mass is 260 g/mol. The predicted molar refractivity (Wildman–Crippen MR) is 74.7 cm³/mol. The first-order valence-electron chi connectivity index (χ1n) is 5.83. The van der Waals surface area contributed by atoms with Gasteiger partial charge in [-0.15, -0.1) is 0 Å². The number of rotatable bonds is 3. The molecule has 0 spiro atoms. The van der Waals surface area contributed by atoms with Gasteiger partial charge < -0.3 is 14.7 Å². The van der Waals surface area contributed by atoms with Crippen molar-refractivity contribution in [3.8, 4) is 0 Å². The number of carbonyl (C=O) groups excluding carboxylic acids is 1. The second-order valence-corrected chi connectivity index (χ2v) is 4.34. The van der Waals surface area contributed by atoms with Gasteiger partial charge in [0.05, 0.1) is 0 Å². The molecule has 0 aliphatic heterocycles. The highest BCUT2D eigenvalue weighted by atomic mass is 16.5. The zero-order chi connectivity index (χ0) is 13.8. The van der Waals surface area contributed by atoms with Crippen LogP contribution in [0.5, 0.6) is 0 Å². The lowest BCUT2D eigenvalue weighted by atomic mass is 10.2. The lowest BCUT2D eigenvalue weighted by Crippen LogP contribution is -2.19. The Kier molecular flexibility index (Phi) is 3.70. The number of urea groups is 1. The summed E-state index contributed by atoms with van der Waals surface area (Å²) in [5.74, 6) is 1.03. The SMILES string of the molecule is Cc1cc(NC(=O)Nc2ccc(N(C)C)cc2)no1. The molecule has 1 heterocycles. The summed E-state index contributed by atoms with van der Waals surface area (Å²) < 4.78 is 4.86. The fourth-order valence-electron chi connectivity index (χ4n) is 1.55. The van der Waals surface area contributed by atoms with Crippen LogP contribution in [0, 0.1) is 6.92 Å². The molecule has 0 saturated heterocycles. The first-order valence-corrected chi connectivity index (χ1v) is 5.83. The normalized spacial score (nSPS) is 10.1. The van der Waals surface area contributed by atoms with E-state index in [2.05, 4.69) is 15.8 Å². The standard InChI is InChI=1S/C13H16N4O2/c1-9-8-12(16-19-9)15-13(18)14-10-4-6-11(7-5-10)17(2)3/h4-8H,1-3H3,(H2,14,15,16,18). The van der Waals surface area contributed by atoms with Crippen molar-refractivity contribution < 1.29 is 9.32 Å². The van der Waals surface area contributed by atoms with Crippen molar-refractivity contribution in [1.82, 2.24) is 5.16 Å². The molecule has 6 nitrogen and oxygen atoms in total. The first kappa shape index (κ1) is 12.9. The average Bonchev–Trinajstić information content (AvgIpc) is 2.75. The quantitative estimate of drug-likeness (QED) is 0.890. The summed E-state index contributed by atoms with van der Waals surface area (Å²) in [5, 5.41) is 8.98. The fraction of sp³-hybridized carbons (Fsp3) is 0.231. The first-order chi connectivity index (χ1) is 9.04. The van der Waals surface area contributed by atoms with E-state index in [-0.39, 0.29) is 6.03 Å². The Bertz CT molecular complexity index is 560. The van der Waals surface area contributed by atoms with Gasteiger partial charge in [0.15, 0.2) is 5.82 Å². The molecule has 2 rings (SSSR count). The van der Waals surface area contributed by atoms with Crippen LogP contribution in [0.25, 0.3) is 0 Å². The number of aromatic nitrogens is 1. The van der Waals surface area contributed by atoms with Gasteiger partial charge in [-0.2, -0.15) is 0 Å². The van der Waals surface area contributed by atoms with Gasteiger partial charge in [0, 0.05) is 31.5 Å². The molecule has 0 bridgehead atoms. The van der Waals surface area contributed by atoms with Crippen LogP contribution < -0.4 is 15.5 Å². The number of hydrogen-bond donors (Lipinski definition) is 2. The summed E-state index contributed by atoms with van der Waals surface area (Å²) in [7, 11) is 3.92. The molecule has 0 aliphatic carbocycles. The number of carbonyl (C=O) groups is 1. The minimum Gasteiger partial charge on any atom is -0.378 e. The van der Waals surface area contributed by atoms with Crippen LogP contribution in [0.3, 0.4) is 0 Å². The molecule has 0 unspecified atom stereocenters. The van der Waals surface area contributed by atoms with E-state index < -0.39 is 0 Å². The van der Waals surface area contributed by atoms with E-state index in [1.54, 1.807) is 13.0 Å². The summed E-state index contributed by atoms with van der Waals surface area (Å²) in [6, 6.07) is 8.82. The second-order valence-electron chi connectivity index (χ2n) is 4.34. The van der Waals surface area contributed by atoms with Crippen LogP contribution in [0.2, 0.25) is 0 Å². The topological polar surface area (TPSA) is 70.4 Å². The fourth-order valence-corrected chi connectivity index (χ4v) is 1.55. The van der Waals surface area contributed by atoms with Gasteiger partial charge in [-0.3, -0.25) is 5.32 Å². The molecule has 19 heavy (non-hydrogen) atoms. The Labute approximate surface area is 111 Å². The van der Waals surface area contributed by atoms with E-state index in [0.717, 1.165) is 5.69 Å². The lowest BCUT2D eigenvalue weighted by Gasteiger charge is -2.13. The minimum atomic E-state index is -0.356. The summed E-state index contributed by atoms with van der Waals surface area (Å²) in [6.07, 6.45) is 0. The number of benzene rings is 1. The van der Waals surface area contributed by atoms with Crippen molar-refractivity contribution in [3.63, 3.8) is 0 Å². The molecule has 100 valence electrons. The third-order valence-electron chi connectivity index (χ3n) is 2.51. The number of aryl methyl sites for hydroxylation is 1. The van der Waals surface area contributed by atoms with E-state index in [9.17, 15) is 4.79 Å². The van der Waals surface area contributed by atoms with Gasteiger partial charge in [0.25, 0.3) is 0 Å². The van der Waals surface area contributed by atoms with Crippen LogP contribution in [0.4, 0.5) is 22.0 Å². The van der Waals surface area contributed by atoms with Crippen molar-refractivity contribution in [3.05, 3.63) is 36.1 Å². The molecule has 0 saturated carbocycles. The number of nitrogens with zero attached hydrogens (tertiary/aromatic N) is 2. The highest BCUT2D eigenvalue weighted by Gasteiger charge is 2.06. The Morgan fingerprint density at radius 2 is 1.89 bits per heavy atom. The molecule has 1 aromatic heterocycles. The van der Waals surface area contributed by atoms with Crippen molar-refractivity contribution in [2.75, 3.05) is 29.6 Å². The highest BCUT2D eigenvalue weighted by Crippen LogP contribution is 2.16. The summed E-state index contributed by atoms with van der Waals surface area (Å²) in [4.78, 5) is 13.7. The molecule has 2 aromatic rings. The highest BCUT2D eigenvalue weighted by molar-refractivity contribution is 5.99. The van der Waals surface area contributed by atoms with E-state index in [0.29, 0.717) is 17.3 Å². The van der Waals surface area contributed by atoms with Gasteiger partial charge in [-0.1, -0.05) is 5.16 Å². The van der Waals surface area contributed by atoms with Crippen LogP contribution in [-0.4, -0.2) is 25.3 Å². The summed E-state index contributed by atoms with van der Waals surface area (Å²) in [6.45, 7) is 1.76. The van der Waals surface area contributed by atoms with Gasteiger partial charge in [0.2, 0.25) is 0 Å². The zero-order valence-electron chi connectivity index (χ0n) is 11.1. The number of amides is 2. The molecular weight excluding hydrogens is 244 g/mol. The van der Waals surface area contributed by atoms with Crippen LogP contribution in [0.15, 0.2) is 34.9 Å². The molecule has 0 radical (unpaired) electrons. The molecule has 0 fully saturated rings. The van der Waals surface area contributed by atoms with Crippen molar-refractivity contribution >= 4 is 23.2 Å². The summed E-state index contributed by atoms with van der Waals surface area (Å²) in [5.41, 5.74) is 1.78. The van der Waals surface area contributed by atoms with Crippen molar-refractivity contribution in [1.29, 1.82) is 0 Å². The maximum Gasteiger partial charge on any atom is 0.324 e. The Hall–Kier alpha value is -2.50. The largest absolute Gasteiger partial charge is 0.378 e. The molecule has 0 atom stereocenters. The van der Waals surface area contributed by atoms with E-state index >= 15 is 0 Å². The minimum absolute atomic E-state index is 0.356. The van der Waals surface area contributed by atoms with Crippen LogP contribution >= 0.6 is 0 Å². The van der Waals surface area contributed by atoms with Gasteiger partial charge in [-0.25, -0.2) is 4.79 Å². The second kappa shape index (κ2) is 5.43. The Morgan fingerprint density at radius 1 is 1.21 bits per heavy atom. The molecular formula is C13H16N4O2. The Balaban J connectivity index is 1.95.